The van der Waals surface area contributed by atoms with E-state index >= 15 is 0 Å². The summed E-state index contributed by atoms with van der Waals surface area (Å²) in [4.78, 5) is 48.8. The Labute approximate surface area is 490 Å². The van der Waals surface area contributed by atoms with E-state index in [-0.39, 0.29) is 25.9 Å². The van der Waals surface area contributed by atoms with Gasteiger partial charge in [0.15, 0.2) is 6.10 Å². The fourth-order valence-electron chi connectivity index (χ4n) is 8.78. The van der Waals surface area contributed by atoms with Crippen LogP contribution in [0.15, 0.2) is 85.1 Å². The van der Waals surface area contributed by atoms with Crippen LogP contribution in [0.1, 0.15) is 290 Å². The molecule has 0 spiro atoms. The summed E-state index contributed by atoms with van der Waals surface area (Å²) >= 11 is 0. The first kappa shape index (κ1) is 76.7. The number of rotatable bonds is 60. The van der Waals surface area contributed by atoms with Gasteiger partial charge in [-0.2, -0.15) is 0 Å². The highest BCUT2D eigenvalue weighted by Crippen LogP contribution is 2.43. The van der Waals surface area contributed by atoms with E-state index in [1.165, 1.54) is 103 Å². The first-order valence-corrected chi connectivity index (χ1v) is 34.0. The summed E-state index contributed by atoms with van der Waals surface area (Å²) in [6, 6.07) is 0. The molecule has 0 amide bonds. The molecule has 0 aliphatic heterocycles. The molecule has 0 aliphatic rings. The van der Waals surface area contributed by atoms with Crippen LogP contribution in [-0.4, -0.2) is 66.5 Å². The van der Waals surface area contributed by atoms with Crippen molar-refractivity contribution in [3.63, 3.8) is 0 Å². The minimum Gasteiger partial charge on any atom is -0.462 e. The van der Waals surface area contributed by atoms with Crippen LogP contribution in [0.4, 0.5) is 0 Å². The monoisotopic (exact) mass is 1140 g/mol. The van der Waals surface area contributed by atoms with Crippen molar-refractivity contribution in [2.45, 2.75) is 303 Å². The third-order valence-corrected chi connectivity index (χ3v) is 14.7. The molecule has 2 N–H and O–H groups in total. The number of aliphatic hydroxyl groups is 1. The van der Waals surface area contributed by atoms with Crippen molar-refractivity contribution in [2.24, 2.45) is 0 Å². The molecule has 0 heterocycles. The Hall–Kier alpha value is -3.34. The average Bonchev–Trinajstić information content (AvgIpc) is 3.45. The Balaban J connectivity index is 4.75. The summed E-state index contributed by atoms with van der Waals surface area (Å²) in [5, 5.41) is 9.85. The first-order valence-electron chi connectivity index (χ1n) is 32.5. The van der Waals surface area contributed by atoms with E-state index in [2.05, 4.69) is 106 Å². The van der Waals surface area contributed by atoms with E-state index in [1.807, 2.05) is 0 Å². The lowest BCUT2D eigenvalue weighted by Crippen LogP contribution is -2.30. The van der Waals surface area contributed by atoms with E-state index in [9.17, 15) is 28.9 Å². The van der Waals surface area contributed by atoms with Crippen molar-refractivity contribution in [3.8, 4) is 0 Å². The molecule has 0 aliphatic carbocycles. The molecule has 0 aromatic rings. The number of hydrogen-bond acceptors (Lipinski definition) is 10. The molecule has 0 saturated heterocycles. The van der Waals surface area contributed by atoms with E-state index in [0.717, 1.165) is 128 Å². The molecule has 0 bridgehead atoms. The molecule has 0 fully saturated rings. The van der Waals surface area contributed by atoms with Crippen LogP contribution in [0.25, 0.3) is 0 Å². The summed E-state index contributed by atoms with van der Waals surface area (Å²) in [5.74, 6) is -1.49. The van der Waals surface area contributed by atoms with Gasteiger partial charge < -0.3 is 24.2 Å². The molecule has 3 unspecified atom stereocenters. The number of aliphatic hydroxyl groups excluding tert-OH is 1. The standard InChI is InChI=1S/C68H119O11P/c1-4-7-10-13-16-19-22-25-28-30-32-34-37-39-42-45-48-51-54-57-66(70)75-61-65(79-68(72)59-56-53-50-47-44-41-38-35-33-31-29-26-23-20-17-14-11-8-5-2)63-77-80(73,74)76-62-64(60-69)78-67(71)58-55-52-49-46-43-40-36-27-24-21-18-15-12-9-6-3/h16-21,25-29,33,35-36,64-65,69H,4-15,22-24,30-32,34,37-63H2,1-3H3,(H,73,74)/b19-16-,20-17-,21-18-,28-25-,29-26-,35-33-,36-27-. The number of phosphoric ester groups is 1. The van der Waals surface area contributed by atoms with Crippen LogP contribution in [-0.2, 0) is 42.2 Å². The minimum atomic E-state index is -4.77. The van der Waals surface area contributed by atoms with Gasteiger partial charge in [0.1, 0.15) is 12.7 Å². The molecule has 80 heavy (non-hydrogen) atoms. The summed E-state index contributed by atoms with van der Waals surface area (Å²) in [6.45, 7) is 4.56. The Morgan fingerprint density at radius 3 is 0.938 bits per heavy atom. The fourth-order valence-corrected chi connectivity index (χ4v) is 9.56. The first-order chi connectivity index (χ1) is 39.2. The predicted molar refractivity (Wildman–Crippen MR) is 334 cm³/mol. The normalized spacial score (nSPS) is 13.8. The summed E-state index contributed by atoms with van der Waals surface area (Å²) in [6.07, 6.45) is 72.4. The van der Waals surface area contributed by atoms with Crippen molar-refractivity contribution in [1.29, 1.82) is 0 Å². The average molecular weight is 1140 g/mol. The third-order valence-electron chi connectivity index (χ3n) is 13.8. The van der Waals surface area contributed by atoms with E-state index < -0.39 is 57.8 Å². The number of unbranched alkanes of at least 4 members (excludes halogenated alkanes) is 29. The number of hydrogen-bond donors (Lipinski definition) is 2. The minimum absolute atomic E-state index is 0.149. The van der Waals surface area contributed by atoms with Gasteiger partial charge in [-0.05, 0) is 122 Å². The van der Waals surface area contributed by atoms with Gasteiger partial charge in [0, 0.05) is 19.3 Å². The number of ether oxygens (including phenoxy) is 3. The molecule has 0 aromatic carbocycles. The van der Waals surface area contributed by atoms with Crippen molar-refractivity contribution in [2.75, 3.05) is 26.4 Å². The molecule has 12 heteroatoms. The molecular weight excluding hydrogens is 1020 g/mol. The lowest BCUT2D eigenvalue weighted by atomic mass is 10.1. The lowest BCUT2D eigenvalue weighted by molar-refractivity contribution is -0.161. The third kappa shape index (κ3) is 59.3. The van der Waals surface area contributed by atoms with Crippen molar-refractivity contribution >= 4 is 25.7 Å². The fraction of sp³-hybridized carbons (Fsp3) is 0.750. The highest BCUT2D eigenvalue weighted by atomic mass is 31.2. The van der Waals surface area contributed by atoms with E-state index in [4.69, 9.17) is 23.3 Å². The maximum Gasteiger partial charge on any atom is 0.472 e. The predicted octanol–water partition coefficient (Wildman–Crippen LogP) is 19.8. The van der Waals surface area contributed by atoms with Gasteiger partial charge in [0.2, 0.25) is 0 Å². The quantitative estimate of drug-likeness (QED) is 0.0197. The number of allylic oxidation sites excluding steroid dienone is 14. The molecule has 0 radical (unpaired) electrons. The van der Waals surface area contributed by atoms with Gasteiger partial charge in [-0.1, -0.05) is 234 Å². The second-order valence-electron chi connectivity index (χ2n) is 21.6. The summed E-state index contributed by atoms with van der Waals surface area (Å²) in [7, 11) is -4.77. The Morgan fingerprint density at radius 2 is 0.613 bits per heavy atom. The largest absolute Gasteiger partial charge is 0.472 e. The Bertz CT molecular complexity index is 1670. The Kier molecular flexibility index (Phi) is 59.1. The zero-order valence-corrected chi connectivity index (χ0v) is 52.2. The Morgan fingerprint density at radius 1 is 0.350 bits per heavy atom. The maximum atomic E-state index is 13.0. The second-order valence-corrected chi connectivity index (χ2v) is 23.0. The van der Waals surface area contributed by atoms with Gasteiger partial charge in [-0.3, -0.25) is 23.4 Å². The second kappa shape index (κ2) is 61.7. The number of esters is 3. The van der Waals surface area contributed by atoms with Gasteiger partial charge >= 0.3 is 25.7 Å². The SMILES string of the molecule is CCCCC/C=C\C/C=C\C/C=C\CCCCCCCCC(=O)OC(COC(=O)CCCCCCCCCCC/C=C\C/C=C\CCCCC)COP(=O)(O)OCC(CO)OC(=O)CCCCCCC/C=C\C/C=C\CCCCC. The molecule has 462 valence electrons. The molecule has 0 rings (SSSR count). The van der Waals surface area contributed by atoms with E-state index in [1.54, 1.807) is 0 Å². The van der Waals surface area contributed by atoms with E-state index in [0.29, 0.717) is 19.3 Å². The number of carbonyl (C=O) groups excluding carboxylic acids is 3. The lowest BCUT2D eigenvalue weighted by Gasteiger charge is -2.21. The number of phosphoric acid groups is 1. The van der Waals surface area contributed by atoms with Crippen LogP contribution in [0.5, 0.6) is 0 Å². The van der Waals surface area contributed by atoms with Gasteiger partial charge in [-0.25, -0.2) is 4.57 Å². The van der Waals surface area contributed by atoms with Crippen molar-refractivity contribution in [3.05, 3.63) is 85.1 Å². The molecule has 0 saturated carbocycles. The number of carbonyl (C=O) groups is 3. The van der Waals surface area contributed by atoms with Crippen molar-refractivity contribution in [1.82, 2.24) is 0 Å². The maximum absolute atomic E-state index is 13.0. The highest BCUT2D eigenvalue weighted by Gasteiger charge is 2.28. The van der Waals surface area contributed by atoms with Crippen molar-refractivity contribution < 1.29 is 52.2 Å². The zero-order chi connectivity index (χ0) is 58.3. The van der Waals surface area contributed by atoms with Crippen LogP contribution in [0.2, 0.25) is 0 Å². The summed E-state index contributed by atoms with van der Waals surface area (Å²) < 4.78 is 39.7. The van der Waals surface area contributed by atoms with Crippen LogP contribution in [0, 0.1) is 0 Å². The van der Waals surface area contributed by atoms with Crippen LogP contribution >= 0.6 is 7.82 Å². The molecule has 3 atom stereocenters. The van der Waals surface area contributed by atoms with Gasteiger partial charge in [-0.15, -0.1) is 0 Å². The molecular formula is C68H119O11P. The smallest absolute Gasteiger partial charge is 0.462 e. The zero-order valence-electron chi connectivity index (χ0n) is 51.3. The van der Waals surface area contributed by atoms with Crippen LogP contribution in [0.3, 0.4) is 0 Å². The highest BCUT2D eigenvalue weighted by molar-refractivity contribution is 7.47. The van der Waals surface area contributed by atoms with Crippen LogP contribution < -0.4 is 0 Å². The molecule has 11 nitrogen and oxygen atoms in total. The molecule has 0 aromatic heterocycles. The topological polar surface area (TPSA) is 155 Å². The van der Waals surface area contributed by atoms with Gasteiger partial charge in [0.25, 0.3) is 0 Å². The summed E-state index contributed by atoms with van der Waals surface area (Å²) in [5.41, 5.74) is 0. The van der Waals surface area contributed by atoms with Gasteiger partial charge in [0.05, 0.1) is 19.8 Å².